The van der Waals surface area contributed by atoms with Crippen LogP contribution in [0.5, 0.6) is 11.5 Å². The Hall–Kier alpha value is -2.77. The number of hydrazine groups is 1. The maximum absolute atomic E-state index is 11.9. The molecule has 7 heteroatoms. The Bertz CT molecular complexity index is 846. The van der Waals surface area contributed by atoms with E-state index >= 15 is 0 Å². The van der Waals surface area contributed by atoms with Crippen LogP contribution in [0.4, 0.5) is 4.79 Å². The number of rotatable bonds is 7. The van der Waals surface area contributed by atoms with Crippen molar-refractivity contribution in [2.75, 3.05) is 32.8 Å². The SMILES string of the molecule is O=C(O)N(Cc1ccccc1)N1CCCC(CNCc2ccc3c(c2)OCCO3)C1. The van der Waals surface area contributed by atoms with Gasteiger partial charge in [-0.25, -0.2) is 14.8 Å². The molecule has 2 heterocycles. The maximum atomic E-state index is 11.9. The summed E-state index contributed by atoms with van der Waals surface area (Å²) in [6.45, 7) is 4.69. The van der Waals surface area contributed by atoms with Gasteiger partial charge in [0.05, 0.1) is 6.54 Å². The zero-order chi connectivity index (χ0) is 20.8. The minimum absolute atomic E-state index is 0.382. The number of amides is 1. The third kappa shape index (κ3) is 5.23. The number of carboxylic acid groups (broad SMARTS) is 1. The van der Waals surface area contributed by atoms with Crippen molar-refractivity contribution in [1.29, 1.82) is 0 Å². The standard InChI is InChI=1S/C23H29N3O4/c27-23(28)26(17-18-5-2-1-3-6-18)25-10-4-7-20(16-25)15-24-14-19-8-9-21-22(13-19)30-12-11-29-21/h1-3,5-6,8-9,13,20,24H,4,7,10-12,14-17H2,(H,27,28). The van der Waals surface area contributed by atoms with E-state index in [2.05, 4.69) is 11.4 Å². The summed E-state index contributed by atoms with van der Waals surface area (Å²) in [5, 5.41) is 16.7. The minimum atomic E-state index is -0.899. The Balaban J connectivity index is 1.29. The van der Waals surface area contributed by atoms with E-state index < -0.39 is 6.09 Å². The molecule has 30 heavy (non-hydrogen) atoms. The van der Waals surface area contributed by atoms with Gasteiger partial charge >= 0.3 is 6.09 Å². The Morgan fingerprint density at radius 1 is 1.10 bits per heavy atom. The van der Waals surface area contributed by atoms with Crippen LogP contribution in [0.2, 0.25) is 0 Å². The number of nitrogens with zero attached hydrogens (tertiary/aromatic N) is 2. The van der Waals surface area contributed by atoms with Gasteiger partial charge in [0.1, 0.15) is 13.2 Å². The van der Waals surface area contributed by atoms with Crippen molar-refractivity contribution < 1.29 is 19.4 Å². The van der Waals surface area contributed by atoms with Crippen LogP contribution in [0.3, 0.4) is 0 Å². The number of hydrogen-bond acceptors (Lipinski definition) is 5. The molecule has 0 bridgehead atoms. The van der Waals surface area contributed by atoms with Crippen molar-refractivity contribution in [1.82, 2.24) is 15.3 Å². The minimum Gasteiger partial charge on any atom is -0.486 e. The first kappa shape index (κ1) is 20.5. The van der Waals surface area contributed by atoms with E-state index in [0.717, 1.165) is 61.6 Å². The summed E-state index contributed by atoms with van der Waals surface area (Å²) in [4.78, 5) is 11.9. The largest absolute Gasteiger partial charge is 0.486 e. The lowest BCUT2D eigenvalue weighted by Gasteiger charge is -2.39. The summed E-state index contributed by atoms with van der Waals surface area (Å²) >= 11 is 0. The van der Waals surface area contributed by atoms with Gasteiger partial charge < -0.3 is 19.9 Å². The second-order valence-electron chi connectivity index (χ2n) is 7.86. The molecule has 4 rings (SSSR count). The zero-order valence-corrected chi connectivity index (χ0v) is 17.1. The molecule has 1 saturated heterocycles. The van der Waals surface area contributed by atoms with Crippen LogP contribution in [-0.2, 0) is 13.1 Å². The molecule has 2 aromatic carbocycles. The number of nitrogens with one attached hydrogen (secondary N) is 1. The molecule has 1 atom stereocenters. The van der Waals surface area contributed by atoms with Crippen LogP contribution >= 0.6 is 0 Å². The van der Waals surface area contributed by atoms with Crippen molar-refractivity contribution >= 4 is 6.09 Å². The lowest BCUT2D eigenvalue weighted by atomic mass is 9.99. The molecule has 1 fully saturated rings. The van der Waals surface area contributed by atoms with Gasteiger partial charge in [0.25, 0.3) is 0 Å². The lowest BCUT2D eigenvalue weighted by Crippen LogP contribution is -2.51. The average Bonchev–Trinajstić information content (AvgIpc) is 2.78. The summed E-state index contributed by atoms with van der Waals surface area (Å²) in [5.74, 6) is 2.02. The number of ether oxygens (including phenoxy) is 2. The fraction of sp³-hybridized carbons (Fsp3) is 0.435. The van der Waals surface area contributed by atoms with Crippen molar-refractivity contribution in [3.8, 4) is 11.5 Å². The van der Waals surface area contributed by atoms with Crippen LogP contribution in [0.15, 0.2) is 48.5 Å². The number of piperidine rings is 1. The number of fused-ring (bicyclic) bond motifs is 1. The average molecular weight is 412 g/mol. The summed E-state index contributed by atoms with van der Waals surface area (Å²) < 4.78 is 11.2. The maximum Gasteiger partial charge on any atom is 0.422 e. The Morgan fingerprint density at radius 2 is 1.90 bits per heavy atom. The quantitative estimate of drug-likeness (QED) is 0.728. The Morgan fingerprint density at radius 3 is 2.70 bits per heavy atom. The van der Waals surface area contributed by atoms with Crippen molar-refractivity contribution in [3.05, 3.63) is 59.7 Å². The van der Waals surface area contributed by atoms with Crippen LogP contribution in [0.1, 0.15) is 24.0 Å². The van der Waals surface area contributed by atoms with Crippen molar-refractivity contribution in [3.63, 3.8) is 0 Å². The lowest BCUT2D eigenvalue weighted by molar-refractivity contribution is -0.0427. The smallest absolute Gasteiger partial charge is 0.422 e. The van der Waals surface area contributed by atoms with E-state index in [1.807, 2.05) is 47.5 Å². The predicted molar refractivity (Wildman–Crippen MR) is 113 cm³/mol. The van der Waals surface area contributed by atoms with E-state index in [1.165, 1.54) is 5.01 Å². The highest BCUT2D eigenvalue weighted by atomic mass is 16.6. The second kappa shape index (κ2) is 9.82. The number of benzene rings is 2. The zero-order valence-electron chi connectivity index (χ0n) is 17.1. The van der Waals surface area contributed by atoms with Crippen LogP contribution in [-0.4, -0.2) is 54.1 Å². The molecule has 7 nitrogen and oxygen atoms in total. The van der Waals surface area contributed by atoms with Crippen molar-refractivity contribution in [2.24, 2.45) is 5.92 Å². The topological polar surface area (TPSA) is 74.3 Å². The second-order valence-corrected chi connectivity index (χ2v) is 7.86. The van der Waals surface area contributed by atoms with Crippen molar-refractivity contribution in [2.45, 2.75) is 25.9 Å². The van der Waals surface area contributed by atoms with Crippen LogP contribution in [0.25, 0.3) is 0 Å². The van der Waals surface area contributed by atoms with Gasteiger partial charge in [-0.1, -0.05) is 36.4 Å². The van der Waals surface area contributed by atoms with E-state index in [4.69, 9.17) is 9.47 Å². The number of hydrogen-bond donors (Lipinski definition) is 2. The van der Waals surface area contributed by atoms with Gasteiger partial charge in [0.15, 0.2) is 11.5 Å². The summed E-state index contributed by atoms with van der Waals surface area (Å²) in [5.41, 5.74) is 2.15. The van der Waals surface area contributed by atoms with Crippen LogP contribution in [0, 0.1) is 5.92 Å². The first-order valence-corrected chi connectivity index (χ1v) is 10.6. The molecule has 0 aliphatic carbocycles. The molecule has 0 spiro atoms. The van der Waals surface area contributed by atoms with Crippen LogP contribution < -0.4 is 14.8 Å². The molecule has 2 N–H and O–H groups in total. The highest BCUT2D eigenvalue weighted by Crippen LogP contribution is 2.30. The molecule has 160 valence electrons. The molecule has 0 saturated carbocycles. The van der Waals surface area contributed by atoms with E-state index in [-0.39, 0.29) is 0 Å². The third-order valence-corrected chi connectivity index (χ3v) is 5.60. The first-order valence-electron chi connectivity index (χ1n) is 10.6. The monoisotopic (exact) mass is 411 g/mol. The van der Waals surface area contributed by atoms with Gasteiger partial charge in [-0.2, -0.15) is 0 Å². The predicted octanol–water partition coefficient (Wildman–Crippen LogP) is 3.35. The molecular weight excluding hydrogens is 382 g/mol. The molecule has 1 amide bonds. The highest BCUT2D eigenvalue weighted by molar-refractivity contribution is 5.64. The molecule has 0 radical (unpaired) electrons. The van der Waals surface area contributed by atoms with Gasteiger partial charge in [-0.15, -0.1) is 0 Å². The Labute approximate surface area is 177 Å². The molecule has 2 aromatic rings. The summed E-state index contributed by atoms with van der Waals surface area (Å²) in [6.07, 6.45) is 1.20. The molecule has 1 unspecified atom stereocenters. The molecular formula is C23H29N3O4. The first-order chi connectivity index (χ1) is 14.7. The van der Waals surface area contributed by atoms with Gasteiger partial charge in [-0.3, -0.25) is 0 Å². The fourth-order valence-corrected chi connectivity index (χ4v) is 4.09. The normalized spacial score (nSPS) is 18.7. The van der Waals surface area contributed by atoms with Gasteiger partial charge in [-0.05, 0) is 48.6 Å². The molecule has 2 aliphatic rings. The Kier molecular flexibility index (Phi) is 6.71. The number of carbonyl (C=O) groups is 1. The van der Waals surface area contributed by atoms with E-state index in [1.54, 1.807) is 0 Å². The fourth-order valence-electron chi connectivity index (χ4n) is 4.09. The van der Waals surface area contributed by atoms with E-state index in [9.17, 15) is 9.90 Å². The van der Waals surface area contributed by atoms with E-state index in [0.29, 0.717) is 25.7 Å². The summed E-state index contributed by atoms with van der Waals surface area (Å²) in [6, 6.07) is 15.8. The highest BCUT2D eigenvalue weighted by Gasteiger charge is 2.27. The molecule has 0 aromatic heterocycles. The van der Waals surface area contributed by atoms with Gasteiger partial charge in [0, 0.05) is 19.6 Å². The summed E-state index contributed by atoms with van der Waals surface area (Å²) in [7, 11) is 0. The molecule has 2 aliphatic heterocycles. The van der Waals surface area contributed by atoms with Gasteiger partial charge in [0.2, 0.25) is 0 Å². The third-order valence-electron chi connectivity index (χ3n) is 5.60.